The second-order valence-corrected chi connectivity index (χ2v) is 9.63. The predicted molar refractivity (Wildman–Crippen MR) is 118 cm³/mol. The van der Waals surface area contributed by atoms with Gasteiger partial charge in [0.25, 0.3) is 5.89 Å². The number of amides is 1. The zero-order valence-electron chi connectivity index (χ0n) is 18.5. The van der Waals surface area contributed by atoms with E-state index in [0.717, 1.165) is 5.69 Å². The fourth-order valence-electron chi connectivity index (χ4n) is 3.74. The van der Waals surface area contributed by atoms with Crippen LogP contribution in [0.4, 0.5) is 5.69 Å². The summed E-state index contributed by atoms with van der Waals surface area (Å²) in [5, 5.41) is 10.9. The molecule has 11 nitrogen and oxygen atoms in total. The van der Waals surface area contributed by atoms with Gasteiger partial charge < -0.3 is 14.5 Å². The minimum atomic E-state index is -3.75. The molecule has 1 aliphatic rings. The van der Waals surface area contributed by atoms with E-state index < -0.39 is 10.0 Å². The number of nitrogens with one attached hydrogen (secondary N) is 1. The Labute approximate surface area is 191 Å². The summed E-state index contributed by atoms with van der Waals surface area (Å²) in [7, 11) is -2.30. The third-order valence-corrected chi connectivity index (χ3v) is 7.40. The molecule has 1 aliphatic heterocycles. The smallest absolute Gasteiger partial charge is 0.251 e. The lowest BCUT2D eigenvalue weighted by Gasteiger charge is -2.29. The summed E-state index contributed by atoms with van der Waals surface area (Å²) in [4.78, 5) is 19.7. The molecule has 1 N–H and O–H groups in total. The molecule has 0 atom stereocenters. The van der Waals surface area contributed by atoms with Gasteiger partial charge in [0, 0.05) is 32.1 Å². The van der Waals surface area contributed by atoms with Crippen molar-refractivity contribution in [3.8, 4) is 17.2 Å². The van der Waals surface area contributed by atoms with Gasteiger partial charge in [-0.25, -0.2) is 18.4 Å². The van der Waals surface area contributed by atoms with Gasteiger partial charge in [0.1, 0.15) is 12.1 Å². The van der Waals surface area contributed by atoms with Crippen LogP contribution in [0.1, 0.15) is 37.3 Å². The van der Waals surface area contributed by atoms with E-state index in [9.17, 15) is 13.2 Å². The van der Waals surface area contributed by atoms with E-state index in [2.05, 4.69) is 25.5 Å². The average molecular weight is 473 g/mol. The Kier molecular flexibility index (Phi) is 6.38. The molecule has 3 aromatic rings. The zero-order chi connectivity index (χ0) is 23.6. The Hall–Kier alpha value is -3.38. The van der Waals surface area contributed by atoms with Crippen molar-refractivity contribution >= 4 is 21.6 Å². The first kappa shape index (κ1) is 22.8. The summed E-state index contributed by atoms with van der Waals surface area (Å²) in [5.74, 6) is 0.840. The number of carbonyl (C=O) groups excluding carboxylic acids is 1. The van der Waals surface area contributed by atoms with Crippen molar-refractivity contribution in [2.24, 2.45) is 0 Å². The highest BCUT2D eigenvalue weighted by Crippen LogP contribution is 2.33. The molecule has 0 bridgehead atoms. The van der Waals surface area contributed by atoms with E-state index in [-0.39, 0.29) is 16.7 Å². The zero-order valence-corrected chi connectivity index (χ0v) is 19.3. The molecular formula is C21H24N6O5S. The van der Waals surface area contributed by atoms with Crippen LogP contribution in [0.5, 0.6) is 5.75 Å². The van der Waals surface area contributed by atoms with Gasteiger partial charge in [-0.2, -0.15) is 4.31 Å². The molecule has 174 valence electrons. The molecular weight excluding hydrogens is 448 g/mol. The lowest BCUT2D eigenvalue weighted by atomic mass is 9.98. The number of benzene rings is 1. The van der Waals surface area contributed by atoms with Crippen LogP contribution in [-0.4, -0.2) is 59.0 Å². The molecule has 0 aliphatic carbocycles. The number of hydrogen-bond donors (Lipinski definition) is 1. The number of nitrogens with zero attached hydrogens (tertiary/aromatic N) is 5. The molecule has 12 heteroatoms. The number of ether oxygens (including phenoxy) is 1. The summed E-state index contributed by atoms with van der Waals surface area (Å²) in [5.41, 5.74) is 1.71. The topological polar surface area (TPSA) is 140 Å². The number of piperidine rings is 1. The van der Waals surface area contributed by atoms with Crippen LogP contribution >= 0.6 is 0 Å². The summed E-state index contributed by atoms with van der Waals surface area (Å²) in [6.07, 6.45) is 4.16. The van der Waals surface area contributed by atoms with Gasteiger partial charge >= 0.3 is 0 Å². The van der Waals surface area contributed by atoms with E-state index in [1.54, 1.807) is 6.20 Å². The van der Waals surface area contributed by atoms with Crippen molar-refractivity contribution in [2.45, 2.75) is 37.5 Å². The van der Waals surface area contributed by atoms with Gasteiger partial charge in [-0.1, -0.05) is 0 Å². The summed E-state index contributed by atoms with van der Waals surface area (Å²) in [6.45, 7) is 3.79. The quantitative estimate of drug-likeness (QED) is 0.572. The van der Waals surface area contributed by atoms with E-state index in [4.69, 9.17) is 9.15 Å². The van der Waals surface area contributed by atoms with Crippen LogP contribution in [0.15, 0.2) is 40.0 Å². The molecule has 4 rings (SSSR count). The molecule has 1 fully saturated rings. The van der Waals surface area contributed by atoms with Gasteiger partial charge in [-0.15, -0.1) is 10.2 Å². The number of anilines is 1. The maximum atomic E-state index is 13.2. The largest absolute Gasteiger partial charge is 0.495 e. The Balaban J connectivity index is 1.48. The molecule has 0 unspecified atom stereocenters. The summed E-state index contributed by atoms with van der Waals surface area (Å²) < 4.78 is 38.9. The lowest BCUT2D eigenvalue weighted by molar-refractivity contribution is -0.114. The van der Waals surface area contributed by atoms with Crippen LogP contribution in [0, 0.1) is 6.92 Å². The van der Waals surface area contributed by atoms with Gasteiger partial charge in [0.15, 0.2) is 0 Å². The third-order valence-electron chi connectivity index (χ3n) is 5.51. The van der Waals surface area contributed by atoms with Crippen molar-refractivity contribution in [1.29, 1.82) is 0 Å². The normalized spacial score (nSPS) is 15.4. The van der Waals surface area contributed by atoms with E-state index in [0.29, 0.717) is 54.7 Å². The first-order valence-corrected chi connectivity index (χ1v) is 11.8. The van der Waals surface area contributed by atoms with Gasteiger partial charge in [0.05, 0.1) is 29.0 Å². The van der Waals surface area contributed by atoms with E-state index >= 15 is 0 Å². The molecule has 3 heterocycles. The lowest BCUT2D eigenvalue weighted by Crippen LogP contribution is -2.38. The van der Waals surface area contributed by atoms with Gasteiger partial charge in [0.2, 0.25) is 21.8 Å². The number of aromatic nitrogens is 4. The Morgan fingerprint density at radius 1 is 1.24 bits per heavy atom. The van der Waals surface area contributed by atoms with Crippen molar-refractivity contribution in [1.82, 2.24) is 24.5 Å². The fourth-order valence-corrected chi connectivity index (χ4v) is 5.23. The number of methoxy groups -OCH3 is 1. The highest BCUT2D eigenvalue weighted by atomic mass is 32.2. The first-order valence-electron chi connectivity index (χ1n) is 10.4. The van der Waals surface area contributed by atoms with Gasteiger partial charge in [-0.3, -0.25) is 4.79 Å². The van der Waals surface area contributed by atoms with Crippen LogP contribution in [-0.2, 0) is 14.8 Å². The Morgan fingerprint density at radius 2 is 2.00 bits per heavy atom. The number of aryl methyl sites for hydroxylation is 1. The first-order chi connectivity index (χ1) is 15.8. The van der Waals surface area contributed by atoms with E-state index in [1.807, 2.05) is 6.92 Å². The minimum Gasteiger partial charge on any atom is -0.495 e. The third kappa shape index (κ3) is 4.71. The second kappa shape index (κ2) is 9.24. The number of sulfonamides is 1. The molecule has 33 heavy (non-hydrogen) atoms. The SMILES string of the molecule is COc1ccc(S(=O)(=O)N2CCC(c3nnc(-c4cncnc4C)o3)CC2)cc1NC(C)=O. The predicted octanol–water partition coefficient (Wildman–Crippen LogP) is 2.37. The Morgan fingerprint density at radius 3 is 2.67 bits per heavy atom. The molecule has 1 amide bonds. The highest BCUT2D eigenvalue weighted by molar-refractivity contribution is 7.89. The molecule has 2 aromatic heterocycles. The molecule has 0 radical (unpaired) electrons. The fraction of sp³-hybridized carbons (Fsp3) is 0.381. The minimum absolute atomic E-state index is 0.0477. The summed E-state index contributed by atoms with van der Waals surface area (Å²) in [6, 6.07) is 4.41. The maximum Gasteiger partial charge on any atom is 0.251 e. The van der Waals surface area contributed by atoms with Crippen LogP contribution in [0.2, 0.25) is 0 Å². The van der Waals surface area contributed by atoms with Crippen LogP contribution < -0.4 is 10.1 Å². The number of hydrogen-bond acceptors (Lipinski definition) is 9. The van der Waals surface area contributed by atoms with Crippen LogP contribution in [0.25, 0.3) is 11.5 Å². The van der Waals surface area contributed by atoms with Crippen molar-refractivity contribution in [3.05, 3.63) is 42.3 Å². The van der Waals surface area contributed by atoms with Crippen molar-refractivity contribution in [3.63, 3.8) is 0 Å². The van der Waals surface area contributed by atoms with Crippen LogP contribution in [0.3, 0.4) is 0 Å². The van der Waals surface area contributed by atoms with E-state index in [1.165, 1.54) is 42.9 Å². The molecule has 1 saturated heterocycles. The number of rotatable bonds is 6. The van der Waals surface area contributed by atoms with Gasteiger partial charge in [-0.05, 0) is 38.0 Å². The highest BCUT2D eigenvalue weighted by Gasteiger charge is 2.32. The standard InChI is InChI=1S/C21H24N6O5S/c1-13-17(11-22-12-23-13)21-26-25-20(32-21)15-6-8-27(9-7-15)33(29,30)16-4-5-19(31-3)18(10-16)24-14(2)28/h4-5,10-12,15H,6-9H2,1-3H3,(H,24,28). The van der Waals surface area contributed by atoms with Crippen molar-refractivity contribution < 1.29 is 22.4 Å². The van der Waals surface area contributed by atoms with Crippen molar-refractivity contribution in [2.75, 3.05) is 25.5 Å². The average Bonchev–Trinajstić information content (AvgIpc) is 3.29. The second-order valence-electron chi connectivity index (χ2n) is 7.69. The molecule has 1 aromatic carbocycles. The monoisotopic (exact) mass is 472 g/mol. The maximum absolute atomic E-state index is 13.2. The molecule has 0 saturated carbocycles. The molecule has 0 spiro atoms. The summed E-state index contributed by atoms with van der Waals surface area (Å²) >= 11 is 0. The number of carbonyl (C=O) groups is 1. The Bertz CT molecular complexity index is 1270.